The van der Waals surface area contributed by atoms with Gasteiger partial charge in [0.25, 0.3) is 0 Å². The van der Waals surface area contributed by atoms with Crippen molar-refractivity contribution < 1.29 is 0 Å². The average molecular weight is 266 g/mol. The first kappa shape index (κ1) is 15.5. The van der Waals surface area contributed by atoms with Gasteiger partial charge in [0.15, 0.2) is 0 Å². The van der Waals surface area contributed by atoms with E-state index in [0.717, 1.165) is 12.2 Å². The zero-order valence-corrected chi connectivity index (χ0v) is 12.8. The second-order valence-electron chi connectivity index (χ2n) is 5.35. The number of hydrazine groups is 1. The molecule has 0 aromatic heterocycles. The number of hydrogen-bond donors (Lipinski definition) is 2. The quantitative estimate of drug-likeness (QED) is 0.587. The molecule has 1 atom stereocenters. The van der Waals surface area contributed by atoms with E-state index in [9.17, 15) is 0 Å². The fourth-order valence-corrected chi connectivity index (χ4v) is 2.63. The largest absolute Gasteiger partial charge is 0.271 e. The monoisotopic (exact) mass is 266 g/mol. The normalized spacial score (nSPS) is 13.3. The van der Waals surface area contributed by atoms with Gasteiger partial charge in [-0.25, -0.2) is 0 Å². The molecule has 3 heteroatoms. The summed E-state index contributed by atoms with van der Waals surface area (Å²) in [7, 11) is 0. The summed E-state index contributed by atoms with van der Waals surface area (Å²) in [6.07, 6.45) is 0.995. The number of rotatable bonds is 7. The highest BCUT2D eigenvalue weighted by Gasteiger charge is 2.09. The highest BCUT2D eigenvalue weighted by Crippen LogP contribution is 2.17. The molecule has 0 aliphatic rings. The van der Waals surface area contributed by atoms with Crippen molar-refractivity contribution in [2.75, 3.05) is 5.75 Å². The lowest BCUT2D eigenvalue weighted by Crippen LogP contribution is -2.39. The lowest BCUT2D eigenvalue weighted by atomic mass is 9.99. The van der Waals surface area contributed by atoms with E-state index in [1.165, 1.54) is 11.1 Å². The van der Waals surface area contributed by atoms with Crippen LogP contribution in [-0.2, 0) is 6.42 Å². The summed E-state index contributed by atoms with van der Waals surface area (Å²) >= 11 is 1.95. The number of hydrogen-bond acceptors (Lipinski definition) is 3. The molecule has 2 nitrogen and oxygen atoms in total. The maximum absolute atomic E-state index is 5.62. The molecule has 0 fully saturated rings. The molecule has 0 spiro atoms. The topological polar surface area (TPSA) is 38.0 Å². The Morgan fingerprint density at radius 2 is 1.72 bits per heavy atom. The van der Waals surface area contributed by atoms with E-state index in [-0.39, 0.29) is 0 Å². The highest BCUT2D eigenvalue weighted by atomic mass is 32.2. The van der Waals surface area contributed by atoms with E-state index in [0.29, 0.717) is 17.2 Å². The van der Waals surface area contributed by atoms with Gasteiger partial charge in [-0.3, -0.25) is 11.3 Å². The molecule has 1 aromatic carbocycles. The summed E-state index contributed by atoms with van der Waals surface area (Å²) in [5, 5.41) is 0.657. The van der Waals surface area contributed by atoms with Crippen LogP contribution in [0.15, 0.2) is 24.3 Å². The Bertz CT molecular complexity index is 333. The lowest BCUT2D eigenvalue weighted by Gasteiger charge is -2.17. The van der Waals surface area contributed by atoms with Crippen LogP contribution >= 0.6 is 11.8 Å². The Morgan fingerprint density at radius 3 is 2.17 bits per heavy atom. The van der Waals surface area contributed by atoms with Crippen molar-refractivity contribution in [3.05, 3.63) is 35.4 Å². The Labute approximate surface area is 116 Å². The predicted molar refractivity (Wildman–Crippen MR) is 82.9 cm³/mol. The second-order valence-corrected chi connectivity index (χ2v) is 6.96. The number of nitrogens with one attached hydrogen (secondary N) is 1. The Kier molecular flexibility index (Phi) is 6.76. The molecule has 0 heterocycles. The molecule has 1 rings (SSSR count). The van der Waals surface area contributed by atoms with Crippen LogP contribution < -0.4 is 11.3 Å². The van der Waals surface area contributed by atoms with Crippen molar-refractivity contribution in [3.8, 4) is 0 Å². The molecule has 0 radical (unpaired) electrons. The van der Waals surface area contributed by atoms with E-state index in [1.807, 2.05) is 11.8 Å². The van der Waals surface area contributed by atoms with Crippen molar-refractivity contribution in [1.29, 1.82) is 0 Å². The minimum absolute atomic E-state index is 0.349. The van der Waals surface area contributed by atoms with Crippen LogP contribution in [-0.4, -0.2) is 17.0 Å². The molecule has 1 aromatic rings. The first-order chi connectivity index (χ1) is 8.52. The van der Waals surface area contributed by atoms with E-state index in [2.05, 4.69) is 57.4 Å². The minimum Gasteiger partial charge on any atom is -0.271 e. The first-order valence-electron chi connectivity index (χ1n) is 6.69. The third kappa shape index (κ3) is 5.42. The van der Waals surface area contributed by atoms with Gasteiger partial charge in [0.05, 0.1) is 0 Å². The van der Waals surface area contributed by atoms with Gasteiger partial charge in [-0.05, 0) is 28.7 Å². The molecule has 18 heavy (non-hydrogen) atoms. The molecular formula is C15H26N2S. The van der Waals surface area contributed by atoms with E-state index in [4.69, 9.17) is 5.84 Å². The summed E-state index contributed by atoms with van der Waals surface area (Å²) in [5.74, 6) is 7.27. The molecule has 0 aliphatic heterocycles. The Balaban J connectivity index is 2.53. The minimum atomic E-state index is 0.349. The van der Waals surface area contributed by atoms with Crippen molar-refractivity contribution in [2.45, 2.75) is 51.3 Å². The first-order valence-corrected chi connectivity index (χ1v) is 7.74. The molecule has 0 saturated heterocycles. The summed E-state index contributed by atoms with van der Waals surface area (Å²) in [5.41, 5.74) is 5.67. The molecule has 102 valence electrons. The fraction of sp³-hybridized carbons (Fsp3) is 0.600. The number of benzene rings is 1. The summed E-state index contributed by atoms with van der Waals surface area (Å²) in [4.78, 5) is 0. The van der Waals surface area contributed by atoms with Gasteiger partial charge in [-0.2, -0.15) is 11.8 Å². The predicted octanol–water partition coefficient (Wildman–Crippen LogP) is 3.33. The van der Waals surface area contributed by atoms with Crippen molar-refractivity contribution in [1.82, 2.24) is 5.43 Å². The zero-order chi connectivity index (χ0) is 13.5. The van der Waals surface area contributed by atoms with Gasteiger partial charge in [0.1, 0.15) is 0 Å². The molecule has 0 bridgehead atoms. The van der Waals surface area contributed by atoms with Gasteiger partial charge in [0, 0.05) is 11.8 Å². The molecular weight excluding hydrogens is 240 g/mol. The molecule has 1 unspecified atom stereocenters. The van der Waals surface area contributed by atoms with Crippen molar-refractivity contribution >= 4 is 11.8 Å². The van der Waals surface area contributed by atoms with E-state index < -0.39 is 0 Å². The lowest BCUT2D eigenvalue weighted by molar-refractivity contribution is 0.575. The van der Waals surface area contributed by atoms with Crippen LogP contribution in [0.3, 0.4) is 0 Å². The smallest absolute Gasteiger partial charge is 0.0341 e. The average Bonchev–Trinajstić information content (AvgIpc) is 2.34. The van der Waals surface area contributed by atoms with E-state index >= 15 is 0 Å². The van der Waals surface area contributed by atoms with Crippen LogP contribution in [0.1, 0.15) is 44.7 Å². The zero-order valence-electron chi connectivity index (χ0n) is 11.9. The maximum atomic E-state index is 5.62. The van der Waals surface area contributed by atoms with Crippen LogP contribution in [0.4, 0.5) is 0 Å². The molecule has 3 N–H and O–H groups in total. The van der Waals surface area contributed by atoms with Gasteiger partial charge >= 0.3 is 0 Å². The van der Waals surface area contributed by atoms with Crippen LogP contribution in [0.25, 0.3) is 0 Å². The van der Waals surface area contributed by atoms with Gasteiger partial charge in [-0.15, -0.1) is 0 Å². The van der Waals surface area contributed by atoms with Crippen molar-refractivity contribution in [2.24, 2.45) is 5.84 Å². The fourth-order valence-electron chi connectivity index (χ4n) is 1.80. The van der Waals surface area contributed by atoms with E-state index in [1.54, 1.807) is 0 Å². The molecule has 0 amide bonds. The maximum Gasteiger partial charge on any atom is 0.0341 e. The Hall–Kier alpha value is -0.510. The SMILES string of the molecule is CC(C)SCC(Cc1ccc(C(C)C)cc1)NN. The van der Waals surface area contributed by atoms with Gasteiger partial charge in [-0.1, -0.05) is 52.0 Å². The van der Waals surface area contributed by atoms with Crippen LogP contribution in [0.2, 0.25) is 0 Å². The summed E-state index contributed by atoms with van der Waals surface area (Å²) in [6, 6.07) is 9.24. The number of nitrogens with two attached hydrogens (primary N) is 1. The summed E-state index contributed by atoms with van der Waals surface area (Å²) in [6.45, 7) is 8.88. The molecule has 0 aliphatic carbocycles. The Morgan fingerprint density at radius 1 is 1.11 bits per heavy atom. The second kappa shape index (κ2) is 7.82. The van der Waals surface area contributed by atoms with Crippen LogP contribution in [0, 0.1) is 0 Å². The summed E-state index contributed by atoms with van der Waals surface area (Å²) < 4.78 is 0. The standard InChI is InChI=1S/C15H26N2S/c1-11(2)14-7-5-13(6-8-14)9-15(17-16)10-18-12(3)4/h5-8,11-12,15,17H,9-10,16H2,1-4H3. The number of thioether (sulfide) groups is 1. The third-order valence-corrected chi connectivity index (χ3v) is 4.26. The molecule has 0 saturated carbocycles. The van der Waals surface area contributed by atoms with Crippen LogP contribution in [0.5, 0.6) is 0 Å². The van der Waals surface area contributed by atoms with Gasteiger partial charge < -0.3 is 0 Å². The third-order valence-electron chi connectivity index (χ3n) is 2.99. The van der Waals surface area contributed by atoms with Crippen molar-refractivity contribution in [3.63, 3.8) is 0 Å². The highest BCUT2D eigenvalue weighted by molar-refractivity contribution is 7.99. The van der Waals surface area contributed by atoms with Gasteiger partial charge in [0.2, 0.25) is 0 Å².